The second kappa shape index (κ2) is 8.01. The molecule has 1 fully saturated rings. The average molecular weight is 329 g/mol. The van der Waals surface area contributed by atoms with Gasteiger partial charge in [-0.1, -0.05) is 30.3 Å². The van der Waals surface area contributed by atoms with Crippen molar-refractivity contribution < 1.29 is 9.53 Å². The van der Waals surface area contributed by atoms with Gasteiger partial charge < -0.3 is 10.1 Å². The largest absolute Gasteiger partial charge is 0.372 e. The number of ether oxygens (including phenoxy) is 1. The second-order valence-corrected chi connectivity index (χ2v) is 6.01. The van der Waals surface area contributed by atoms with Crippen LogP contribution in [0, 0.1) is 0 Å². The summed E-state index contributed by atoms with van der Waals surface area (Å²) in [6.07, 6.45) is 3.71. The number of aromatic nitrogens is 4. The smallest absolute Gasteiger partial charge is 0.246 e. The summed E-state index contributed by atoms with van der Waals surface area (Å²) in [5, 5.41) is 15.9. The molecular formula is C17H23N5O2. The Morgan fingerprint density at radius 2 is 2.00 bits per heavy atom. The van der Waals surface area contributed by atoms with Crippen molar-refractivity contribution >= 4 is 5.91 Å². The summed E-state index contributed by atoms with van der Waals surface area (Å²) in [7, 11) is 0. The first-order valence-electron chi connectivity index (χ1n) is 8.48. The van der Waals surface area contributed by atoms with Gasteiger partial charge in [-0.2, -0.15) is 4.80 Å². The number of tetrazole rings is 1. The molecule has 1 amide bonds. The second-order valence-electron chi connectivity index (χ2n) is 6.01. The summed E-state index contributed by atoms with van der Waals surface area (Å²) in [5.74, 6) is 0.619. The van der Waals surface area contributed by atoms with Crippen LogP contribution in [0.15, 0.2) is 30.3 Å². The first-order valence-corrected chi connectivity index (χ1v) is 8.48. The van der Waals surface area contributed by atoms with E-state index in [9.17, 15) is 4.79 Å². The van der Waals surface area contributed by atoms with Gasteiger partial charge in [0, 0.05) is 18.2 Å². The molecule has 0 radical (unpaired) electrons. The molecule has 1 aliphatic carbocycles. The third-order valence-electron chi connectivity index (χ3n) is 4.29. The topological polar surface area (TPSA) is 81.9 Å². The quantitative estimate of drug-likeness (QED) is 0.876. The number of rotatable bonds is 6. The highest BCUT2D eigenvalue weighted by Gasteiger charge is 2.25. The van der Waals surface area contributed by atoms with Gasteiger partial charge in [-0.15, -0.1) is 10.2 Å². The van der Waals surface area contributed by atoms with E-state index in [4.69, 9.17) is 4.74 Å². The van der Waals surface area contributed by atoms with Crippen molar-refractivity contribution in [3.05, 3.63) is 30.3 Å². The van der Waals surface area contributed by atoms with Gasteiger partial charge in [0.05, 0.1) is 6.04 Å². The molecule has 0 bridgehead atoms. The minimum Gasteiger partial charge on any atom is -0.372 e. The number of amides is 1. The number of carbonyl (C=O) groups excluding carboxylic acids is 1. The van der Waals surface area contributed by atoms with Gasteiger partial charge in [-0.05, 0) is 37.8 Å². The molecule has 0 atom stereocenters. The van der Waals surface area contributed by atoms with Gasteiger partial charge in [-0.25, -0.2) is 0 Å². The predicted molar refractivity (Wildman–Crippen MR) is 89.2 cm³/mol. The Bertz CT molecular complexity index is 650. The van der Waals surface area contributed by atoms with Gasteiger partial charge >= 0.3 is 0 Å². The number of hydrogen-bond acceptors (Lipinski definition) is 5. The number of benzene rings is 1. The molecule has 1 aromatic carbocycles. The van der Waals surface area contributed by atoms with Crippen molar-refractivity contribution in [2.75, 3.05) is 13.2 Å². The van der Waals surface area contributed by atoms with Crippen LogP contribution in [-0.2, 0) is 9.53 Å². The molecule has 1 aliphatic rings. The Morgan fingerprint density at radius 1 is 1.25 bits per heavy atom. The summed E-state index contributed by atoms with van der Waals surface area (Å²) in [6.45, 7) is 2.58. The Hall–Kier alpha value is -2.28. The minimum absolute atomic E-state index is 0.0365. The fraction of sp³-hybridized carbons (Fsp3) is 0.529. The van der Waals surface area contributed by atoms with E-state index in [1.807, 2.05) is 37.3 Å². The van der Waals surface area contributed by atoms with Crippen LogP contribution in [0.3, 0.4) is 0 Å². The SMILES string of the molecule is CCOCC(=O)NC1CCC(n2nnc(-c3ccccc3)n2)CC1. The van der Waals surface area contributed by atoms with Gasteiger partial charge in [0.2, 0.25) is 11.7 Å². The standard InChI is InChI=1S/C17H23N5O2/c1-2-24-12-16(23)18-14-8-10-15(11-9-14)22-20-17(19-21-22)13-6-4-3-5-7-13/h3-7,14-15H,2,8-12H2,1H3,(H,18,23). The van der Waals surface area contributed by atoms with Crippen LogP contribution in [0.2, 0.25) is 0 Å². The summed E-state index contributed by atoms with van der Waals surface area (Å²) in [4.78, 5) is 13.4. The maximum atomic E-state index is 11.7. The van der Waals surface area contributed by atoms with Crippen LogP contribution >= 0.6 is 0 Å². The van der Waals surface area contributed by atoms with Crippen LogP contribution in [0.5, 0.6) is 0 Å². The number of nitrogens with one attached hydrogen (secondary N) is 1. The Kier molecular flexibility index (Phi) is 5.53. The van der Waals surface area contributed by atoms with Gasteiger partial charge in [0.15, 0.2) is 0 Å². The first kappa shape index (κ1) is 16.6. The van der Waals surface area contributed by atoms with Gasteiger partial charge in [-0.3, -0.25) is 4.79 Å². The normalized spacial score (nSPS) is 20.7. The minimum atomic E-state index is -0.0365. The molecule has 3 rings (SSSR count). The Balaban J connectivity index is 1.52. The average Bonchev–Trinajstić information content (AvgIpc) is 3.11. The van der Waals surface area contributed by atoms with Crippen molar-refractivity contribution in [3.8, 4) is 11.4 Å². The number of hydrogen-bond donors (Lipinski definition) is 1. The Morgan fingerprint density at radius 3 is 2.71 bits per heavy atom. The lowest BCUT2D eigenvalue weighted by Crippen LogP contribution is -2.40. The maximum Gasteiger partial charge on any atom is 0.246 e. The van der Waals surface area contributed by atoms with E-state index in [0.717, 1.165) is 31.2 Å². The molecule has 1 heterocycles. The zero-order valence-electron chi connectivity index (χ0n) is 13.9. The van der Waals surface area contributed by atoms with Crippen molar-refractivity contribution in [3.63, 3.8) is 0 Å². The van der Waals surface area contributed by atoms with Crippen molar-refractivity contribution in [2.45, 2.75) is 44.7 Å². The third-order valence-corrected chi connectivity index (χ3v) is 4.29. The maximum absolute atomic E-state index is 11.7. The molecule has 7 heteroatoms. The summed E-state index contributed by atoms with van der Waals surface area (Å²) in [6, 6.07) is 10.3. The fourth-order valence-electron chi connectivity index (χ4n) is 3.00. The zero-order chi connectivity index (χ0) is 16.8. The van der Waals surface area contributed by atoms with E-state index in [1.54, 1.807) is 4.80 Å². The van der Waals surface area contributed by atoms with E-state index >= 15 is 0 Å². The third kappa shape index (κ3) is 4.17. The van der Waals surface area contributed by atoms with E-state index < -0.39 is 0 Å². The van der Waals surface area contributed by atoms with Crippen LogP contribution in [-0.4, -0.2) is 45.4 Å². The molecule has 1 saturated carbocycles. The van der Waals surface area contributed by atoms with E-state index in [0.29, 0.717) is 12.4 Å². The first-order chi connectivity index (χ1) is 11.8. The highest BCUT2D eigenvalue weighted by molar-refractivity contribution is 5.77. The molecule has 0 saturated heterocycles. The van der Waals surface area contributed by atoms with Gasteiger partial charge in [0.1, 0.15) is 6.61 Å². The highest BCUT2D eigenvalue weighted by atomic mass is 16.5. The molecule has 1 N–H and O–H groups in total. The summed E-state index contributed by atoms with van der Waals surface area (Å²) >= 11 is 0. The lowest BCUT2D eigenvalue weighted by Gasteiger charge is -2.28. The van der Waals surface area contributed by atoms with Crippen LogP contribution in [0.4, 0.5) is 0 Å². The van der Waals surface area contributed by atoms with Gasteiger partial charge in [0.25, 0.3) is 0 Å². The lowest BCUT2D eigenvalue weighted by molar-refractivity contribution is -0.126. The van der Waals surface area contributed by atoms with Crippen LogP contribution in [0.1, 0.15) is 38.6 Å². The monoisotopic (exact) mass is 329 g/mol. The van der Waals surface area contributed by atoms with E-state index in [1.165, 1.54) is 0 Å². The summed E-state index contributed by atoms with van der Waals surface area (Å²) in [5.41, 5.74) is 0.973. The van der Waals surface area contributed by atoms with Crippen molar-refractivity contribution in [1.29, 1.82) is 0 Å². The molecule has 128 valence electrons. The molecular weight excluding hydrogens is 306 g/mol. The van der Waals surface area contributed by atoms with Crippen molar-refractivity contribution in [2.24, 2.45) is 0 Å². The highest BCUT2D eigenvalue weighted by Crippen LogP contribution is 2.27. The molecule has 0 aliphatic heterocycles. The number of nitrogens with zero attached hydrogens (tertiary/aromatic N) is 4. The molecule has 1 aromatic heterocycles. The van der Waals surface area contributed by atoms with Crippen molar-refractivity contribution in [1.82, 2.24) is 25.5 Å². The summed E-state index contributed by atoms with van der Waals surface area (Å²) < 4.78 is 5.13. The molecule has 0 spiro atoms. The van der Waals surface area contributed by atoms with Crippen LogP contribution < -0.4 is 5.32 Å². The van der Waals surface area contributed by atoms with Crippen LogP contribution in [0.25, 0.3) is 11.4 Å². The lowest BCUT2D eigenvalue weighted by atomic mass is 9.91. The molecule has 7 nitrogen and oxygen atoms in total. The fourth-order valence-corrected chi connectivity index (χ4v) is 3.00. The Labute approximate surface area is 141 Å². The predicted octanol–water partition coefficient (Wildman–Crippen LogP) is 1.98. The number of carbonyl (C=O) groups is 1. The molecule has 24 heavy (non-hydrogen) atoms. The zero-order valence-corrected chi connectivity index (χ0v) is 13.9. The van der Waals surface area contributed by atoms with E-state index in [-0.39, 0.29) is 24.6 Å². The molecule has 0 unspecified atom stereocenters. The van der Waals surface area contributed by atoms with E-state index in [2.05, 4.69) is 20.7 Å². The molecule has 2 aromatic rings.